The standard InChI is InChI=1S/C16H24FN3O7S/c1-15(2,3)27-14(24)20-6-5-16(8-20,9-21)18-28(25,26)10-7-19(4)12(11(10)17)13(22)23/h7,18,21H,5-6,8-9H2,1-4H3,(H,22,23)/t16-/m1/s1. The average Bonchev–Trinajstić information content (AvgIpc) is 3.07. The zero-order chi connectivity index (χ0) is 21.5. The third-order valence-corrected chi connectivity index (χ3v) is 5.80. The van der Waals surface area contributed by atoms with E-state index >= 15 is 0 Å². The number of amides is 1. The van der Waals surface area contributed by atoms with E-state index in [1.165, 1.54) is 11.9 Å². The van der Waals surface area contributed by atoms with E-state index in [2.05, 4.69) is 4.72 Å². The Morgan fingerprint density at radius 2 is 2.00 bits per heavy atom. The van der Waals surface area contributed by atoms with E-state index in [9.17, 15) is 27.5 Å². The van der Waals surface area contributed by atoms with Crippen molar-refractivity contribution in [1.29, 1.82) is 0 Å². The van der Waals surface area contributed by atoms with Crippen molar-refractivity contribution < 1.29 is 37.3 Å². The molecule has 0 aromatic carbocycles. The van der Waals surface area contributed by atoms with Gasteiger partial charge in [-0.2, -0.15) is 0 Å². The number of likely N-dealkylation sites (tertiary alicyclic amines) is 1. The van der Waals surface area contributed by atoms with Crippen LogP contribution in [-0.2, 0) is 21.8 Å². The van der Waals surface area contributed by atoms with Gasteiger partial charge in [-0.3, -0.25) is 0 Å². The minimum Gasteiger partial charge on any atom is -0.476 e. The number of sulfonamides is 1. The van der Waals surface area contributed by atoms with Crippen LogP contribution in [0.1, 0.15) is 37.7 Å². The maximum absolute atomic E-state index is 14.4. The van der Waals surface area contributed by atoms with Gasteiger partial charge in [-0.1, -0.05) is 0 Å². The zero-order valence-corrected chi connectivity index (χ0v) is 16.8. The van der Waals surface area contributed by atoms with Crippen LogP contribution in [0.5, 0.6) is 0 Å². The van der Waals surface area contributed by atoms with Gasteiger partial charge in [-0.15, -0.1) is 0 Å². The highest BCUT2D eigenvalue weighted by atomic mass is 32.2. The van der Waals surface area contributed by atoms with E-state index in [1.54, 1.807) is 20.8 Å². The van der Waals surface area contributed by atoms with E-state index < -0.39 is 56.2 Å². The lowest BCUT2D eigenvalue weighted by atomic mass is 10.0. The normalized spacial score (nSPS) is 20.4. The number of carboxylic acids is 1. The SMILES string of the molecule is Cn1cc(S(=O)(=O)N[C@]2(CO)CCN(C(=O)OC(C)(C)C)C2)c(F)c1C(=O)O. The highest BCUT2D eigenvalue weighted by molar-refractivity contribution is 7.89. The van der Waals surface area contributed by atoms with Gasteiger partial charge in [-0.25, -0.2) is 27.1 Å². The predicted molar refractivity (Wildman–Crippen MR) is 94.9 cm³/mol. The summed E-state index contributed by atoms with van der Waals surface area (Å²) in [5.74, 6) is -3.02. The number of aliphatic hydroxyl groups excluding tert-OH is 1. The Bertz CT molecular complexity index is 891. The lowest BCUT2D eigenvalue weighted by molar-refractivity contribution is 0.0275. The summed E-state index contributed by atoms with van der Waals surface area (Å²) >= 11 is 0. The Morgan fingerprint density at radius 3 is 2.46 bits per heavy atom. The summed E-state index contributed by atoms with van der Waals surface area (Å²) in [7, 11) is -3.31. The average molecular weight is 421 g/mol. The van der Waals surface area contributed by atoms with E-state index in [-0.39, 0.29) is 19.5 Å². The van der Waals surface area contributed by atoms with Crippen LogP contribution in [0.25, 0.3) is 0 Å². The first-order chi connectivity index (χ1) is 12.7. The van der Waals surface area contributed by atoms with Gasteiger partial charge in [0.2, 0.25) is 10.0 Å². The zero-order valence-electron chi connectivity index (χ0n) is 16.0. The number of aliphatic hydroxyl groups is 1. The maximum atomic E-state index is 14.4. The fourth-order valence-corrected chi connectivity index (χ4v) is 4.48. The number of ether oxygens (including phenoxy) is 1. The van der Waals surface area contributed by atoms with Crippen molar-refractivity contribution >= 4 is 22.1 Å². The topological polar surface area (TPSA) is 138 Å². The molecule has 28 heavy (non-hydrogen) atoms. The molecule has 1 amide bonds. The number of halogens is 1. The second-order valence-corrected chi connectivity index (χ2v) is 9.42. The van der Waals surface area contributed by atoms with Crippen LogP contribution in [0.15, 0.2) is 11.1 Å². The second-order valence-electron chi connectivity index (χ2n) is 7.77. The van der Waals surface area contributed by atoms with Gasteiger partial charge in [0.15, 0.2) is 11.5 Å². The molecule has 10 nitrogen and oxygen atoms in total. The van der Waals surface area contributed by atoms with Crippen LogP contribution in [0, 0.1) is 5.82 Å². The van der Waals surface area contributed by atoms with Crippen molar-refractivity contribution in [3.63, 3.8) is 0 Å². The van der Waals surface area contributed by atoms with E-state index in [0.29, 0.717) is 0 Å². The van der Waals surface area contributed by atoms with E-state index in [0.717, 1.165) is 10.8 Å². The Hall–Kier alpha value is -2.18. The van der Waals surface area contributed by atoms with Crippen molar-refractivity contribution in [2.75, 3.05) is 19.7 Å². The minimum absolute atomic E-state index is 0.0716. The molecule has 3 N–H and O–H groups in total. The number of aromatic carboxylic acids is 1. The Balaban J connectivity index is 2.26. The number of aromatic nitrogens is 1. The number of nitrogens with one attached hydrogen (secondary N) is 1. The van der Waals surface area contributed by atoms with Crippen LogP contribution in [0.3, 0.4) is 0 Å². The molecule has 0 radical (unpaired) electrons. The molecule has 12 heteroatoms. The number of nitrogens with zero attached hydrogens (tertiary/aromatic N) is 2. The summed E-state index contributed by atoms with van der Waals surface area (Å²) in [6.45, 7) is 4.34. The molecule has 1 saturated heterocycles. The Labute approximate surface area is 161 Å². The molecule has 0 spiro atoms. The molecular formula is C16H24FN3O7S. The second kappa shape index (κ2) is 7.33. The first-order valence-corrected chi connectivity index (χ1v) is 9.90. The molecule has 2 heterocycles. The smallest absolute Gasteiger partial charge is 0.410 e. The molecule has 1 aromatic heterocycles. The number of rotatable bonds is 5. The molecule has 0 aliphatic carbocycles. The maximum Gasteiger partial charge on any atom is 0.410 e. The van der Waals surface area contributed by atoms with Crippen molar-refractivity contribution in [1.82, 2.24) is 14.2 Å². The lowest BCUT2D eigenvalue weighted by Gasteiger charge is -2.29. The largest absolute Gasteiger partial charge is 0.476 e. The molecule has 2 rings (SSSR count). The van der Waals surface area contributed by atoms with Crippen molar-refractivity contribution in [3.8, 4) is 0 Å². The van der Waals surface area contributed by atoms with Gasteiger partial charge in [0.25, 0.3) is 0 Å². The first kappa shape index (κ1) is 22.1. The van der Waals surface area contributed by atoms with Gasteiger partial charge in [0.05, 0.1) is 12.1 Å². The van der Waals surface area contributed by atoms with Crippen molar-refractivity contribution in [2.24, 2.45) is 7.05 Å². The number of carbonyl (C=O) groups is 2. The summed E-state index contributed by atoms with van der Waals surface area (Å²) in [5.41, 5.74) is -3.00. The number of carbonyl (C=O) groups excluding carboxylic acids is 1. The monoisotopic (exact) mass is 421 g/mol. The number of hydrogen-bond acceptors (Lipinski definition) is 6. The molecular weight excluding hydrogens is 397 g/mol. The van der Waals surface area contributed by atoms with Crippen molar-refractivity contribution in [3.05, 3.63) is 17.7 Å². The molecule has 0 saturated carbocycles. The van der Waals surface area contributed by atoms with Crippen LogP contribution in [0.2, 0.25) is 0 Å². The van der Waals surface area contributed by atoms with Gasteiger partial charge in [0.1, 0.15) is 10.5 Å². The third-order valence-electron chi connectivity index (χ3n) is 4.24. The van der Waals surface area contributed by atoms with E-state index in [4.69, 9.17) is 9.84 Å². The van der Waals surface area contributed by atoms with Crippen LogP contribution >= 0.6 is 0 Å². The molecule has 1 aliphatic rings. The molecule has 0 unspecified atom stereocenters. The van der Waals surface area contributed by atoms with E-state index in [1.807, 2.05) is 0 Å². The summed E-state index contributed by atoms with van der Waals surface area (Å²) in [5, 5.41) is 18.8. The van der Waals surface area contributed by atoms with Crippen LogP contribution < -0.4 is 4.72 Å². The lowest BCUT2D eigenvalue weighted by Crippen LogP contribution is -2.53. The summed E-state index contributed by atoms with van der Waals surface area (Å²) in [4.78, 5) is 23.7. The molecule has 1 atom stereocenters. The van der Waals surface area contributed by atoms with Gasteiger partial charge < -0.3 is 24.4 Å². The molecule has 1 fully saturated rings. The molecule has 1 aliphatic heterocycles. The quantitative estimate of drug-likeness (QED) is 0.630. The van der Waals surface area contributed by atoms with Gasteiger partial charge >= 0.3 is 12.1 Å². The highest BCUT2D eigenvalue weighted by Gasteiger charge is 2.45. The minimum atomic E-state index is -4.51. The first-order valence-electron chi connectivity index (χ1n) is 8.42. The Kier molecular flexibility index (Phi) is 5.79. The van der Waals surface area contributed by atoms with Gasteiger partial charge in [0, 0.05) is 26.3 Å². The Morgan fingerprint density at radius 1 is 1.39 bits per heavy atom. The number of carboxylic acid groups (broad SMARTS) is 1. The van der Waals surface area contributed by atoms with Crippen LogP contribution in [-0.4, -0.2) is 71.0 Å². The van der Waals surface area contributed by atoms with Crippen LogP contribution in [0.4, 0.5) is 9.18 Å². The molecule has 1 aromatic rings. The summed E-state index contributed by atoms with van der Waals surface area (Å²) in [6.07, 6.45) is 0.246. The van der Waals surface area contributed by atoms with Crippen molar-refractivity contribution in [2.45, 2.75) is 43.2 Å². The fraction of sp³-hybridized carbons (Fsp3) is 0.625. The highest BCUT2D eigenvalue weighted by Crippen LogP contribution is 2.27. The number of aryl methyl sites for hydroxylation is 1. The molecule has 158 valence electrons. The van der Waals surface area contributed by atoms with Gasteiger partial charge in [-0.05, 0) is 27.2 Å². The summed E-state index contributed by atoms with van der Waals surface area (Å²) < 4.78 is 48.0. The molecule has 0 bridgehead atoms. The third kappa shape index (κ3) is 4.45. The summed E-state index contributed by atoms with van der Waals surface area (Å²) in [6, 6.07) is 0. The number of hydrogen-bond donors (Lipinski definition) is 3. The predicted octanol–water partition coefficient (Wildman–Crippen LogP) is 0.513. The fourth-order valence-electron chi connectivity index (χ4n) is 2.94.